The van der Waals surface area contributed by atoms with Crippen LogP contribution in [0.15, 0.2) is 12.1 Å². The summed E-state index contributed by atoms with van der Waals surface area (Å²) in [4.78, 5) is 3.77. The highest BCUT2D eigenvalue weighted by Crippen LogP contribution is 2.31. The van der Waals surface area contributed by atoms with Gasteiger partial charge in [0.15, 0.2) is 0 Å². The minimum atomic E-state index is -4.44. The maximum Gasteiger partial charge on any atom is 0.416 e. The Morgan fingerprint density at radius 2 is 2.11 bits per heavy atom. The zero-order valence-corrected chi connectivity index (χ0v) is 10.5. The molecule has 0 aromatic carbocycles. The lowest BCUT2D eigenvalue weighted by molar-refractivity contribution is -0.137. The first kappa shape index (κ1) is 15.0. The van der Waals surface area contributed by atoms with Crippen molar-refractivity contribution in [1.29, 1.82) is 0 Å². The Kier molecular flexibility index (Phi) is 5.22. The number of pyridine rings is 1. The van der Waals surface area contributed by atoms with Gasteiger partial charge in [-0.15, -0.1) is 0 Å². The Balaban J connectivity index is 2.75. The van der Waals surface area contributed by atoms with Crippen molar-refractivity contribution < 1.29 is 18.3 Å². The molecular weight excluding hydrogens is 269 g/mol. The average molecular weight is 283 g/mol. The summed E-state index contributed by atoms with van der Waals surface area (Å²) in [7, 11) is 0. The predicted molar refractivity (Wildman–Crippen MR) is 63.6 cm³/mol. The first-order valence-corrected chi connectivity index (χ1v) is 5.80. The third-order valence-electron chi connectivity index (χ3n) is 2.37. The number of alkyl halides is 3. The molecule has 0 saturated heterocycles. The smallest absolute Gasteiger partial charge is 0.396 e. The fourth-order valence-electron chi connectivity index (χ4n) is 1.35. The van der Waals surface area contributed by atoms with Crippen molar-refractivity contribution >= 4 is 17.4 Å². The van der Waals surface area contributed by atoms with E-state index in [1.54, 1.807) is 0 Å². The lowest BCUT2D eigenvalue weighted by atomic mass is 10.1. The molecule has 1 rings (SSSR count). The topological polar surface area (TPSA) is 45.1 Å². The van der Waals surface area contributed by atoms with Gasteiger partial charge in [-0.3, -0.25) is 0 Å². The molecule has 18 heavy (non-hydrogen) atoms. The number of rotatable bonds is 5. The molecule has 0 aliphatic heterocycles. The minimum absolute atomic E-state index is 0.0413. The highest BCUT2D eigenvalue weighted by molar-refractivity contribution is 6.29. The summed E-state index contributed by atoms with van der Waals surface area (Å²) in [5.74, 6) is 0.213. The van der Waals surface area contributed by atoms with E-state index in [1.807, 2.05) is 6.92 Å². The van der Waals surface area contributed by atoms with Crippen LogP contribution in [0.25, 0.3) is 0 Å². The van der Waals surface area contributed by atoms with Crippen LogP contribution in [0.3, 0.4) is 0 Å². The molecule has 7 heteroatoms. The van der Waals surface area contributed by atoms with Crippen LogP contribution in [-0.2, 0) is 6.18 Å². The van der Waals surface area contributed by atoms with E-state index in [0.29, 0.717) is 13.0 Å². The van der Waals surface area contributed by atoms with Crippen LogP contribution in [0.2, 0.25) is 5.15 Å². The van der Waals surface area contributed by atoms with Crippen molar-refractivity contribution in [2.45, 2.75) is 19.5 Å². The molecule has 1 unspecified atom stereocenters. The van der Waals surface area contributed by atoms with Gasteiger partial charge in [-0.2, -0.15) is 13.2 Å². The van der Waals surface area contributed by atoms with Crippen molar-refractivity contribution in [3.05, 3.63) is 22.8 Å². The van der Waals surface area contributed by atoms with Crippen molar-refractivity contribution in [2.75, 3.05) is 18.5 Å². The van der Waals surface area contributed by atoms with Crippen molar-refractivity contribution in [3.63, 3.8) is 0 Å². The molecule has 0 fully saturated rings. The molecular formula is C11H14ClF3N2O. The zero-order chi connectivity index (χ0) is 13.8. The fraction of sp³-hybridized carbons (Fsp3) is 0.545. The van der Waals surface area contributed by atoms with E-state index >= 15 is 0 Å². The predicted octanol–water partition coefficient (Wildman–Crippen LogP) is 3.18. The maximum atomic E-state index is 12.5. The summed E-state index contributed by atoms with van der Waals surface area (Å²) in [6, 6.07) is 1.70. The zero-order valence-electron chi connectivity index (χ0n) is 9.76. The summed E-state index contributed by atoms with van der Waals surface area (Å²) in [6.07, 6.45) is -3.88. The number of aliphatic hydroxyl groups excluding tert-OH is 1. The van der Waals surface area contributed by atoms with E-state index in [9.17, 15) is 13.2 Å². The second kappa shape index (κ2) is 6.24. The van der Waals surface area contributed by atoms with Gasteiger partial charge in [0, 0.05) is 13.2 Å². The molecule has 0 radical (unpaired) electrons. The maximum absolute atomic E-state index is 12.5. The van der Waals surface area contributed by atoms with E-state index in [4.69, 9.17) is 16.7 Å². The molecule has 2 N–H and O–H groups in total. The number of aliphatic hydroxyl groups is 1. The van der Waals surface area contributed by atoms with Crippen molar-refractivity contribution in [2.24, 2.45) is 5.92 Å². The Hall–Kier alpha value is -1.01. The number of nitrogens with zero attached hydrogens (tertiary/aromatic N) is 1. The van der Waals surface area contributed by atoms with Crippen molar-refractivity contribution in [1.82, 2.24) is 4.98 Å². The van der Waals surface area contributed by atoms with Crippen LogP contribution >= 0.6 is 11.6 Å². The molecule has 0 amide bonds. The van der Waals surface area contributed by atoms with E-state index in [2.05, 4.69) is 10.3 Å². The molecule has 0 aliphatic rings. The van der Waals surface area contributed by atoms with Gasteiger partial charge in [-0.05, 0) is 24.5 Å². The van der Waals surface area contributed by atoms with Crippen molar-refractivity contribution in [3.8, 4) is 0 Å². The lowest BCUT2D eigenvalue weighted by Gasteiger charge is -2.13. The normalized spacial score (nSPS) is 13.4. The van der Waals surface area contributed by atoms with Gasteiger partial charge in [0.05, 0.1) is 5.56 Å². The Bertz CT molecular complexity index is 398. The standard InChI is InChI=1S/C11H14ClF3N2O/c1-7(2-3-18)6-16-10-5-8(11(13,14)15)4-9(12)17-10/h4-5,7,18H,2-3,6H2,1H3,(H,16,17). The minimum Gasteiger partial charge on any atom is -0.396 e. The monoisotopic (exact) mass is 282 g/mol. The van der Waals surface area contributed by atoms with Crippen LogP contribution < -0.4 is 5.32 Å². The summed E-state index contributed by atoms with van der Waals surface area (Å²) < 4.78 is 37.6. The molecule has 0 saturated carbocycles. The van der Waals surface area contributed by atoms with E-state index in [1.165, 1.54) is 0 Å². The molecule has 3 nitrogen and oxygen atoms in total. The number of hydrogen-bond donors (Lipinski definition) is 2. The van der Waals surface area contributed by atoms with Crippen LogP contribution in [-0.4, -0.2) is 23.2 Å². The highest BCUT2D eigenvalue weighted by Gasteiger charge is 2.31. The Morgan fingerprint density at radius 3 is 2.67 bits per heavy atom. The Labute approximate surface area is 108 Å². The van der Waals surface area contributed by atoms with Gasteiger partial charge in [-0.25, -0.2) is 4.98 Å². The molecule has 0 spiro atoms. The quantitative estimate of drug-likeness (QED) is 0.815. The van der Waals surface area contributed by atoms with Gasteiger partial charge in [0.25, 0.3) is 0 Å². The second-order valence-corrected chi connectivity index (χ2v) is 4.45. The first-order valence-electron chi connectivity index (χ1n) is 5.42. The summed E-state index contributed by atoms with van der Waals surface area (Å²) in [5.41, 5.74) is -0.834. The van der Waals surface area contributed by atoms with E-state index in [-0.39, 0.29) is 23.5 Å². The van der Waals surface area contributed by atoms with Gasteiger partial charge in [-0.1, -0.05) is 18.5 Å². The summed E-state index contributed by atoms with van der Waals surface area (Å²) in [6.45, 7) is 2.34. The molecule has 102 valence electrons. The third-order valence-corrected chi connectivity index (χ3v) is 2.57. The Morgan fingerprint density at radius 1 is 1.44 bits per heavy atom. The number of anilines is 1. The largest absolute Gasteiger partial charge is 0.416 e. The molecule has 0 aliphatic carbocycles. The lowest BCUT2D eigenvalue weighted by Crippen LogP contribution is -2.14. The van der Waals surface area contributed by atoms with E-state index < -0.39 is 11.7 Å². The number of aromatic nitrogens is 1. The number of nitrogens with one attached hydrogen (secondary N) is 1. The average Bonchev–Trinajstić information content (AvgIpc) is 2.25. The second-order valence-electron chi connectivity index (χ2n) is 4.06. The fourth-order valence-corrected chi connectivity index (χ4v) is 1.56. The summed E-state index contributed by atoms with van der Waals surface area (Å²) >= 11 is 5.54. The third kappa shape index (κ3) is 4.70. The van der Waals surface area contributed by atoms with Crippen LogP contribution in [0, 0.1) is 5.92 Å². The number of hydrogen-bond acceptors (Lipinski definition) is 3. The SMILES string of the molecule is CC(CCO)CNc1cc(C(F)(F)F)cc(Cl)n1. The molecule has 1 aromatic heterocycles. The van der Waals surface area contributed by atoms with Gasteiger partial charge in [0.1, 0.15) is 11.0 Å². The van der Waals surface area contributed by atoms with Gasteiger partial charge in [0.2, 0.25) is 0 Å². The molecule has 1 aromatic rings. The first-order chi connectivity index (χ1) is 8.32. The van der Waals surface area contributed by atoms with Crippen LogP contribution in [0.4, 0.5) is 19.0 Å². The van der Waals surface area contributed by atoms with E-state index in [0.717, 1.165) is 12.1 Å². The van der Waals surface area contributed by atoms with Crippen LogP contribution in [0.5, 0.6) is 0 Å². The molecule has 1 heterocycles. The molecule has 0 bridgehead atoms. The molecule has 1 atom stereocenters. The summed E-state index contributed by atoms with van der Waals surface area (Å²) in [5, 5.41) is 11.3. The number of halogens is 4. The van der Waals surface area contributed by atoms with Crippen LogP contribution in [0.1, 0.15) is 18.9 Å². The van der Waals surface area contributed by atoms with Gasteiger partial charge < -0.3 is 10.4 Å². The highest BCUT2D eigenvalue weighted by atomic mass is 35.5. The van der Waals surface area contributed by atoms with Gasteiger partial charge >= 0.3 is 6.18 Å².